The Morgan fingerprint density at radius 3 is 2.73 bits per heavy atom. The lowest BCUT2D eigenvalue weighted by atomic mass is 10.3. The standard InChI is InChI=1S/C16H13ClN2OS2/c17-11-5-7-12(8-6-11)21-10-9-15(20)19-16-18-13-3-1-2-4-14(13)22-16/h1-8H,9-10H2,(H,18,19,20). The number of hydrogen-bond acceptors (Lipinski definition) is 4. The molecule has 0 fully saturated rings. The molecule has 0 atom stereocenters. The fourth-order valence-corrected chi connectivity index (χ4v) is 3.76. The smallest absolute Gasteiger partial charge is 0.226 e. The van der Waals surface area contributed by atoms with Crippen LogP contribution in [-0.4, -0.2) is 16.6 Å². The first-order valence-corrected chi connectivity index (χ1v) is 8.92. The molecule has 0 unspecified atom stereocenters. The van der Waals surface area contributed by atoms with Crippen LogP contribution in [0.2, 0.25) is 5.02 Å². The van der Waals surface area contributed by atoms with Gasteiger partial charge in [0.2, 0.25) is 5.91 Å². The van der Waals surface area contributed by atoms with Crippen molar-refractivity contribution in [2.45, 2.75) is 11.3 Å². The van der Waals surface area contributed by atoms with Gasteiger partial charge in [-0.2, -0.15) is 0 Å². The normalized spacial score (nSPS) is 10.8. The SMILES string of the molecule is O=C(CCSc1ccc(Cl)cc1)Nc1nc2ccccc2s1. The number of carbonyl (C=O) groups excluding carboxylic acids is 1. The quantitative estimate of drug-likeness (QED) is 0.654. The summed E-state index contributed by atoms with van der Waals surface area (Å²) in [6.45, 7) is 0. The number of fused-ring (bicyclic) bond motifs is 1. The Morgan fingerprint density at radius 2 is 1.95 bits per heavy atom. The minimum Gasteiger partial charge on any atom is -0.302 e. The molecule has 0 radical (unpaired) electrons. The molecule has 0 saturated carbocycles. The average Bonchev–Trinajstić information content (AvgIpc) is 2.91. The van der Waals surface area contributed by atoms with Crippen LogP contribution in [0.5, 0.6) is 0 Å². The van der Waals surface area contributed by atoms with Crippen LogP contribution < -0.4 is 5.32 Å². The Labute approximate surface area is 141 Å². The van der Waals surface area contributed by atoms with Crippen LogP contribution in [0.25, 0.3) is 10.2 Å². The number of rotatable bonds is 5. The van der Waals surface area contributed by atoms with Crippen molar-refractivity contribution < 1.29 is 4.79 Å². The fraction of sp³-hybridized carbons (Fsp3) is 0.125. The van der Waals surface area contributed by atoms with E-state index in [0.717, 1.165) is 25.9 Å². The van der Waals surface area contributed by atoms with Crippen molar-refractivity contribution in [2.24, 2.45) is 0 Å². The number of aromatic nitrogens is 1. The summed E-state index contributed by atoms with van der Waals surface area (Å²) in [4.78, 5) is 17.5. The molecular weight excluding hydrogens is 336 g/mol. The highest BCUT2D eigenvalue weighted by Gasteiger charge is 2.07. The van der Waals surface area contributed by atoms with Crippen molar-refractivity contribution in [2.75, 3.05) is 11.1 Å². The van der Waals surface area contributed by atoms with Crippen LogP contribution in [0.3, 0.4) is 0 Å². The van der Waals surface area contributed by atoms with Crippen molar-refractivity contribution in [3.8, 4) is 0 Å². The van der Waals surface area contributed by atoms with Crippen LogP contribution in [0.1, 0.15) is 6.42 Å². The maximum Gasteiger partial charge on any atom is 0.226 e. The zero-order valence-corrected chi connectivity index (χ0v) is 14.0. The van der Waals surface area contributed by atoms with Crippen LogP contribution in [-0.2, 0) is 4.79 Å². The molecule has 22 heavy (non-hydrogen) atoms. The highest BCUT2D eigenvalue weighted by Crippen LogP contribution is 2.26. The summed E-state index contributed by atoms with van der Waals surface area (Å²) < 4.78 is 1.08. The minimum absolute atomic E-state index is 0.0134. The Balaban J connectivity index is 1.50. The lowest BCUT2D eigenvalue weighted by Gasteiger charge is -2.02. The van der Waals surface area contributed by atoms with E-state index in [9.17, 15) is 4.79 Å². The molecule has 6 heteroatoms. The lowest BCUT2D eigenvalue weighted by molar-refractivity contribution is -0.115. The summed E-state index contributed by atoms with van der Waals surface area (Å²) in [6.07, 6.45) is 0.448. The number of carbonyl (C=O) groups is 1. The molecule has 3 aromatic rings. The predicted molar refractivity (Wildman–Crippen MR) is 95.0 cm³/mol. The maximum absolute atomic E-state index is 12.0. The number of para-hydroxylation sites is 1. The first-order chi connectivity index (χ1) is 10.7. The summed E-state index contributed by atoms with van der Waals surface area (Å²) in [7, 11) is 0. The van der Waals surface area contributed by atoms with Gasteiger partial charge in [0.15, 0.2) is 5.13 Å². The van der Waals surface area contributed by atoms with E-state index < -0.39 is 0 Å². The topological polar surface area (TPSA) is 42.0 Å². The molecule has 1 N–H and O–H groups in total. The summed E-state index contributed by atoms with van der Waals surface area (Å²) in [5.41, 5.74) is 0.915. The Bertz CT molecular complexity index is 753. The molecule has 3 rings (SSSR count). The van der Waals surface area contributed by atoms with Gasteiger partial charge in [-0.1, -0.05) is 35.1 Å². The van der Waals surface area contributed by atoms with Crippen LogP contribution in [0, 0.1) is 0 Å². The molecule has 0 spiro atoms. The number of nitrogens with zero attached hydrogens (tertiary/aromatic N) is 1. The Hall–Kier alpha value is -1.56. The highest BCUT2D eigenvalue weighted by atomic mass is 35.5. The van der Waals surface area contributed by atoms with Gasteiger partial charge in [0.1, 0.15) is 0 Å². The zero-order valence-electron chi connectivity index (χ0n) is 11.6. The monoisotopic (exact) mass is 348 g/mol. The summed E-state index contributed by atoms with van der Waals surface area (Å²) >= 11 is 8.97. The third-order valence-electron chi connectivity index (χ3n) is 2.95. The second-order valence-corrected chi connectivity index (χ2v) is 7.22. The first kappa shape index (κ1) is 15.3. The number of thiazole rings is 1. The third-order valence-corrected chi connectivity index (χ3v) is 5.17. The molecule has 0 bridgehead atoms. The number of anilines is 1. The van der Waals surface area contributed by atoms with Crippen molar-refractivity contribution in [1.82, 2.24) is 4.98 Å². The van der Waals surface area contributed by atoms with Gasteiger partial charge < -0.3 is 5.32 Å². The Morgan fingerprint density at radius 1 is 1.18 bits per heavy atom. The van der Waals surface area contributed by atoms with E-state index in [4.69, 9.17) is 11.6 Å². The molecule has 1 aromatic heterocycles. The average molecular weight is 349 g/mol. The Kier molecular flexibility index (Phi) is 4.97. The van der Waals surface area contributed by atoms with Crippen LogP contribution in [0.4, 0.5) is 5.13 Å². The molecule has 3 nitrogen and oxygen atoms in total. The predicted octanol–water partition coefficient (Wildman–Crippen LogP) is 5.07. The van der Waals surface area contributed by atoms with Crippen molar-refractivity contribution in [1.29, 1.82) is 0 Å². The van der Waals surface area contributed by atoms with Gasteiger partial charge in [0.05, 0.1) is 10.2 Å². The minimum atomic E-state index is -0.0134. The summed E-state index contributed by atoms with van der Waals surface area (Å²) in [5, 5.41) is 4.24. The largest absolute Gasteiger partial charge is 0.302 e. The van der Waals surface area contributed by atoms with Crippen LogP contribution in [0.15, 0.2) is 53.4 Å². The molecule has 2 aromatic carbocycles. The van der Waals surface area contributed by atoms with E-state index in [0.29, 0.717) is 11.6 Å². The summed E-state index contributed by atoms with van der Waals surface area (Å²) in [5.74, 6) is 0.707. The fourth-order valence-electron chi connectivity index (χ4n) is 1.90. The van der Waals surface area contributed by atoms with Gasteiger partial charge in [-0.15, -0.1) is 11.8 Å². The second-order valence-electron chi connectivity index (χ2n) is 4.59. The lowest BCUT2D eigenvalue weighted by Crippen LogP contribution is -2.11. The van der Waals surface area contributed by atoms with E-state index >= 15 is 0 Å². The third kappa shape index (κ3) is 4.00. The van der Waals surface area contributed by atoms with E-state index in [1.807, 2.05) is 48.5 Å². The molecule has 112 valence electrons. The van der Waals surface area contributed by atoms with Gasteiger partial charge >= 0.3 is 0 Å². The van der Waals surface area contributed by atoms with E-state index in [-0.39, 0.29) is 5.91 Å². The van der Waals surface area contributed by atoms with Gasteiger partial charge in [-0.25, -0.2) is 4.98 Å². The zero-order chi connectivity index (χ0) is 15.4. The highest BCUT2D eigenvalue weighted by molar-refractivity contribution is 7.99. The van der Waals surface area contributed by atoms with Gasteiger partial charge in [0.25, 0.3) is 0 Å². The summed E-state index contributed by atoms with van der Waals surface area (Å²) in [6, 6.07) is 15.5. The number of hydrogen-bond donors (Lipinski definition) is 1. The number of halogens is 1. The number of thioether (sulfide) groups is 1. The molecule has 0 aliphatic carbocycles. The number of amides is 1. The molecule has 0 saturated heterocycles. The number of benzene rings is 2. The molecule has 0 aliphatic rings. The van der Waals surface area contributed by atoms with Gasteiger partial charge in [0, 0.05) is 22.1 Å². The van der Waals surface area contributed by atoms with Crippen LogP contribution >= 0.6 is 34.7 Å². The molecule has 1 heterocycles. The first-order valence-electron chi connectivity index (χ1n) is 6.74. The van der Waals surface area contributed by atoms with E-state index in [2.05, 4.69) is 10.3 Å². The van der Waals surface area contributed by atoms with Gasteiger partial charge in [-0.3, -0.25) is 4.79 Å². The van der Waals surface area contributed by atoms with Gasteiger partial charge in [-0.05, 0) is 36.4 Å². The maximum atomic E-state index is 12.0. The number of nitrogens with one attached hydrogen (secondary N) is 1. The molecular formula is C16H13ClN2OS2. The van der Waals surface area contributed by atoms with E-state index in [1.165, 1.54) is 11.3 Å². The van der Waals surface area contributed by atoms with Crippen molar-refractivity contribution >= 4 is 56.0 Å². The van der Waals surface area contributed by atoms with Crippen molar-refractivity contribution in [3.63, 3.8) is 0 Å². The molecule has 1 amide bonds. The van der Waals surface area contributed by atoms with Crippen molar-refractivity contribution in [3.05, 3.63) is 53.6 Å². The van der Waals surface area contributed by atoms with E-state index in [1.54, 1.807) is 11.8 Å². The molecule has 0 aliphatic heterocycles. The second kappa shape index (κ2) is 7.13.